The predicted octanol–water partition coefficient (Wildman–Crippen LogP) is 2.34. The van der Waals surface area contributed by atoms with Crippen LogP contribution in [-0.4, -0.2) is 36.1 Å². The van der Waals surface area contributed by atoms with Gasteiger partial charge in [0.05, 0.1) is 5.56 Å². The summed E-state index contributed by atoms with van der Waals surface area (Å²) in [6.07, 6.45) is 1.65. The summed E-state index contributed by atoms with van der Waals surface area (Å²) in [5.41, 5.74) is 2.02. The van der Waals surface area contributed by atoms with Crippen LogP contribution in [-0.2, 0) is 6.54 Å². The zero-order valence-electron chi connectivity index (χ0n) is 11.2. The third kappa shape index (κ3) is 2.98. The average molecular weight is 284 g/mol. The van der Waals surface area contributed by atoms with E-state index in [4.69, 9.17) is 5.26 Å². The van der Waals surface area contributed by atoms with Gasteiger partial charge >= 0.3 is 0 Å². The number of anilines is 1. The number of nitrogens with zero attached hydrogens (tertiary/aromatic N) is 4. The SMILES string of the molecule is N#Cc1ccc(N2CCN(Cc3ccsc3)CC2)nc1. The van der Waals surface area contributed by atoms with E-state index >= 15 is 0 Å². The van der Waals surface area contributed by atoms with Crippen LogP contribution < -0.4 is 4.90 Å². The van der Waals surface area contributed by atoms with Crippen molar-refractivity contribution in [2.75, 3.05) is 31.1 Å². The van der Waals surface area contributed by atoms with Crippen molar-refractivity contribution in [3.8, 4) is 6.07 Å². The second-order valence-corrected chi connectivity index (χ2v) is 5.69. The molecular formula is C15H16N4S. The molecule has 1 aliphatic rings. The van der Waals surface area contributed by atoms with Gasteiger partial charge in [0.25, 0.3) is 0 Å². The van der Waals surface area contributed by atoms with Gasteiger partial charge in [0.15, 0.2) is 0 Å². The third-order valence-corrected chi connectivity index (χ3v) is 4.29. The Kier molecular flexibility index (Phi) is 3.95. The van der Waals surface area contributed by atoms with Crippen molar-refractivity contribution in [3.63, 3.8) is 0 Å². The highest BCUT2D eigenvalue weighted by molar-refractivity contribution is 7.07. The van der Waals surface area contributed by atoms with Gasteiger partial charge in [0, 0.05) is 38.9 Å². The molecule has 0 saturated carbocycles. The van der Waals surface area contributed by atoms with Crippen LogP contribution in [0.2, 0.25) is 0 Å². The van der Waals surface area contributed by atoms with E-state index in [1.54, 1.807) is 17.5 Å². The minimum Gasteiger partial charge on any atom is -0.354 e. The lowest BCUT2D eigenvalue weighted by molar-refractivity contribution is 0.249. The average Bonchev–Trinajstić information content (AvgIpc) is 3.01. The molecule has 0 atom stereocenters. The van der Waals surface area contributed by atoms with Gasteiger partial charge in [-0.3, -0.25) is 4.90 Å². The summed E-state index contributed by atoms with van der Waals surface area (Å²) in [6, 6.07) is 8.07. The molecular weight excluding hydrogens is 268 g/mol. The summed E-state index contributed by atoms with van der Waals surface area (Å²) in [6.45, 7) is 5.12. The van der Waals surface area contributed by atoms with Crippen molar-refractivity contribution in [2.24, 2.45) is 0 Å². The molecule has 0 radical (unpaired) electrons. The van der Waals surface area contributed by atoms with Crippen LogP contribution in [0.15, 0.2) is 35.2 Å². The molecule has 4 nitrogen and oxygen atoms in total. The zero-order chi connectivity index (χ0) is 13.8. The highest BCUT2D eigenvalue weighted by Crippen LogP contribution is 2.16. The maximum absolute atomic E-state index is 8.79. The standard InChI is InChI=1S/C15H16N4S/c16-9-13-1-2-15(17-10-13)19-6-4-18(5-7-19)11-14-3-8-20-12-14/h1-3,8,10,12H,4-7,11H2. The lowest BCUT2D eigenvalue weighted by Crippen LogP contribution is -2.46. The van der Waals surface area contributed by atoms with Gasteiger partial charge in [-0.15, -0.1) is 0 Å². The fraction of sp³-hybridized carbons (Fsp3) is 0.333. The number of thiophene rings is 1. The van der Waals surface area contributed by atoms with E-state index in [0.717, 1.165) is 38.5 Å². The summed E-state index contributed by atoms with van der Waals surface area (Å²) in [5.74, 6) is 0.971. The molecule has 102 valence electrons. The second-order valence-electron chi connectivity index (χ2n) is 4.91. The number of pyridine rings is 1. The molecule has 2 aromatic rings. The van der Waals surface area contributed by atoms with E-state index in [1.807, 2.05) is 12.1 Å². The Hall–Kier alpha value is -1.90. The normalized spacial score (nSPS) is 16.1. The molecule has 20 heavy (non-hydrogen) atoms. The predicted molar refractivity (Wildman–Crippen MR) is 80.8 cm³/mol. The number of hydrogen-bond donors (Lipinski definition) is 0. The zero-order valence-corrected chi connectivity index (χ0v) is 12.0. The number of piperazine rings is 1. The van der Waals surface area contributed by atoms with Crippen LogP contribution in [0.5, 0.6) is 0 Å². The molecule has 1 saturated heterocycles. The molecule has 3 heterocycles. The molecule has 0 amide bonds. The third-order valence-electron chi connectivity index (χ3n) is 3.56. The summed E-state index contributed by atoms with van der Waals surface area (Å²) in [4.78, 5) is 9.12. The van der Waals surface area contributed by atoms with Crippen molar-refractivity contribution in [1.82, 2.24) is 9.88 Å². The highest BCUT2D eigenvalue weighted by Gasteiger charge is 2.18. The quantitative estimate of drug-likeness (QED) is 0.867. The van der Waals surface area contributed by atoms with E-state index in [0.29, 0.717) is 5.56 Å². The maximum atomic E-state index is 8.79. The minimum absolute atomic E-state index is 0.616. The Bertz CT molecular complexity index is 577. The molecule has 0 spiro atoms. The first kappa shape index (κ1) is 13.1. The fourth-order valence-electron chi connectivity index (χ4n) is 2.42. The summed E-state index contributed by atoms with van der Waals surface area (Å²) in [5, 5.41) is 13.1. The van der Waals surface area contributed by atoms with Crippen molar-refractivity contribution in [2.45, 2.75) is 6.54 Å². The highest BCUT2D eigenvalue weighted by atomic mass is 32.1. The van der Waals surface area contributed by atoms with Crippen molar-refractivity contribution in [1.29, 1.82) is 5.26 Å². The molecule has 0 N–H and O–H groups in total. The first-order chi connectivity index (χ1) is 9.85. The first-order valence-electron chi connectivity index (χ1n) is 6.70. The van der Waals surface area contributed by atoms with Gasteiger partial charge in [-0.1, -0.05) is 0 Å². The molecule has 0 aliphatic carbocycles. The van der Waals surface area contributed by atoms with Gasteiger partial charge in [0.1, 0.15) is 11.9 Å². The monoisotopic (exact) mass is 284 g/mol. The maximum Gasteiger partial charge on any atom is 0.128 e. The van der Waals surface area contributed by atoms with E-state index in [-0.39, 0.29) is 0 Å². The fourth-order valence-corrected chi connectivity index (χ4v) is 3.07. The lowest BCUT2D eigenvalue weighted by atomic mass is 10.2. The van der Waals surface area contributed by atoms with E-state index in [9.17, 15) is 0 Å². The number of hydrogen-bond acceptors (Lipinski definition) is 5. The van der Waals surface area contributed by atoms with Crippen molar-refractivity contribution < 1.29 is 0 Å². The second kappa shape index (κ2) is 6.04. The van der Waals surface area contributed by atoms with Crippen LogP contribution >= 0.6 is 11.3 Å². The number of nitriles is 1. The van der Waals surface area contributed by atoms with Gasteiger partial charge < -0.3 is 4.90 Å². The Labute approximate surface area is 122 Å². The Morgan fingerprint density at radius 1 is 1.20 bits per heavy atom. The molecule has 2 aromatic heterocycles. The Morgan fingerprint density at radius 2 is 2.05 bits per heavy atom. The molecule has 0 aromatic carbocycles. The number of rotatable bonds is 3. The van der Waals surface area contributed by atoms with Gasteiger partial charge in [-0.2, -0.15) is 16.6 Å². The van der Waals surface area contributed by atoms with E-state index in [2.05, 4.69) is 37.7 Å². The topological polar surface area (TPSA) is 43.2 Å². The van der Waals surface area contributed by atoms with Gasteiger partial charge in [0.2, 0.25) is 0 Å². The Balaban J connectivity index is 1.56. The molecule has 5 heteroatoms. The van der Waals surface area contributed by atoms with E-state index in [1.165, 1.54) is 5.56 Å². The van der Waals surface area contributed by atoms with Crippen LogP contribution in [0, 0.1) is 11.3 Å². The largest absolute Gasteiger partial charge is 0.354 e. The summed E-state index contributed by atoms with van der Waals surface area (Å²) < 4.78 is 0. The first-order valence-corrected chi connectivity index (χ1v) is 7.64. The van der Waals surface area contributed by atoms with Crippen LogP contribution in [0.3, 0.4) is 0 Å². The molecule has 0 unspecified atom stereocenters. The van der Waals surface area contributed by atoms with E-state index < -0.39 is 0 Å². The Morgan fingerprint density at radius 3 is 2.65 bits per heavy atom. The molecule has 0 bridgehead atoms. The van der Waals surface area contributed by atoms with Crippen LogP contribution in [0.25, 0.3) is 0 Å². The summed E-state index contributed by atoms with van der Waals surface area (Å²) >= 11 is 1.76. The van der Waals surface area contributed by atoms with Gasteiger partial charge in [-0.25, -0.2) is 4.98 Å². The molecule has 3 rings (SSSR count). The summed E-state index contributed by atoms with van der Waals surface area (Å²) in [7, 11) is 0. The molecule has 1 aliphatic heterocycles. The van der Waals surface area contributed by atoms with Crippen LogP contribution in [0.4, 0.5) is 5.82 Å². The lowest BCUT2D eigenvalue weighted by Gasteiger charge is -2.35. The van der Waals surface area contributed by atoms with Gasteiger partial charge in [-0.05, 0) is 34.5 Å². The van der Waals surface area contributed by atoms with Crippen molar-refractivity contribution in [3.05, 3.63) is 46.3 Å². The van der Waals surface area contributed by atoms with Crippen LogP contribution in [0.1, 0.15) is 11.1 Å². The molecule has 1 fully saturated rings. The number of aromatic nitrogens is 1. The smallest absolute Gasteiger partial charge is 0.128 e. The minimum atomic E-state index is 0.616. The van der Waals surface area contributed by atoms with Crippen molar-refractivity contribution >= 4 is 17.2 Å².